The summed E-state index contributed by atoms with van der Waals surface area (Å²) in [5.74, 6) is 1.13. The second-order valence-corrected chi connectivity index (χ2v) is 8.25. The molecule has 1 aromatic heterocycles. The van der Waals surface area contributed by atoms with Crippen LogP contribution in [0.15, 0.2) is 47.1 Å². The number of nitrogens with one attached hydrogen (secondary N) is 1. The number of amides is 1. The number of hydrogen-bond donors (Lipinski definition) is 1. The number of likely N-dealkylation sites (tertiary alicyclic amines) is 1. The van der Waals surface area contributed by atoms with Gasteiger partial charge in [0.2, 0.25) is 0 Å². The molecule has 1 aromatic carbocycles. The lowest BCUT2D eigenvalue weighted by atomic mass is 10.0. The summed E-state index contributed by atoms with van der Waals surface area (Å²) in [5.41, 5.74) is 1.84. The molecule has 0 spiro atoms. The van der Waals surface area contributed by atoms with Gasteiger partial charge in [-0.3, -0.25) is 9.69 Å². The van der Waals surface area contributed by atoms with Crippen LogP contribution < -0.4 is 5.32 Å². The van der Waals surface area contributed by atoms with Crippen molar-refractivity contribution in [2.75, 3.05) is 18.4 Å². The first kappa shape index (κ1) is 20.5. The molecule has 1 aliphatic heterocycles. The van der Waals surface area contributed by atoms with E-state index in [2.05, 4.69) is 37.9 Å². The maximum absolute atomic E-state index is 12.8. The van der Waals surface area contributed by atoms with Crippen molar-refractivity contribution in [1.82, 2.24) is 9.80 Å². The third-order valence-corrected chi connectivity index (χ3v) is 5.40. The molecular formula is C23H33N3O2. The lowest BCUT2D eigenvalue weighted by Gasteiger charge is -2.32. The van der Waals surface area contributed by atoms with Crippen LogP contribution in [-0.4, -0.2) is 46.9 Å². The first-order valence-corrected chi connectivity index (χ1v) is 10.4. The maximum Gasteiger partial charge on any atom is 0.254 e. The normalized spacial score (nSPS) is 15.9. The average molecular weight is 384 g/mol. The Balaban J connectivity index is 1.51. The molecule has 3 rings (SSSR count). The minimum absolute atomic E-state index is 0.0998. The summed E-state index contributed by atoms with van der Waals surface area (Å²) in [6, 6.07) is 12.8. The molecule has 152 valence electrons. The molecule has 0 radical (unpaired) electrons. The molecule has 1 amide bonds. The SMILES string of the molecule is CC(C)N(C(=O)c1ccc(NC2CCN(Cc3ccco3)CC2)cc1)C(C)C. The lowest BCUT2D eigenvalue weighted by Crippen LogP contribution is -2.42. The van der Waals surface area contributed by atoms with Crippen molar-refractivity contribution in [2.45, 2.75) is 65.2 Å². The van der Waals surface area contributed by atoms with Crippen LogP contribution in [0.3, 0.4) is 0 Å². The molecule has 0 bridgehead atoms. The third kappa shape index (κ3) is 5.16. The van der Waals surface area contributed by atoms with Crippen molar-refractivity contribution >= 4 is 11.6 Å². The van der Waals surface area contributed by atoms with Crippen molar-refractivity contribution in [3.8, 4) is 0 Å². The van der Waals surface area contributed by atoms with Crippen molar-refractivity contribution in [2.24, 2.45) is 0 Å². The highest BCUT2D eigenvalue weighted by Crippen LogP contribution is 2.20. The van der Waals surface area contributed by atoms with Crippen LogP contribution in [0.1, 0.15) is 56.7 Å². The Bertz CT molecular complexity index is 722. The summed E-state index contributed by atoms with van der Waals surface area (Å²) >= 11 is 0. The first-order chi connectivity index (χ1) is 13.4. The number of nitrogens with zero attached hydrogens (tertiary/aromatic N) is 2. The van der Waals surface area contributed by atoms with E-state index in [-0.39, 0.29) is 18.0 Å². The van der Waals surface area contributed by atoms with Gasteiger partial charge in [-0.05, 0) is 76.9 Å². The average Bonchev–Trinajstić information content (AvgIpc) is 3.16. The van der Waals surface area contributed by atoms with Gasteiger partial charge in [0.05, 0.1) is 12.8 Å². The van der Waals surface area contributed by atoms with Gasteiger partial charge in [0.15, 0.2) is 0 Å². The van der Waals surface area contributed by atoms with Crippen molar-refractivity contribution in [1.29, 1.82) is 0 Å². The van der Waals surface area contributed by atoms with Crippen LogP contribution in [-0.2, 0) is 6.54 Å². The Morgan fingerprint density at radius 3 is 2.29 bits per heavy atom. The van der Waals surface area contributed by atoms with Crippen LogP contribution >= 0.6 is 0 Å². The van der Waals surface area contributed by atoms with E-state index in [0.29, 0.717) is 6.04 Å². The summed E-state index contributed by atoms with van der Waals surface area (Å²) in [7, 11) is 0. The summed E-state index contributed by atoms with van der Waals surface area (Å²) < 4.78 is 5.45. The molecule has 2 heterocycles. The Hall–Kier alpha value is -2.27. The maximum atomic E-state index is 12.8. The van der Waals surface area contributed by atoms with Gasteiger partial charge in [0, 0.05) is 42.5 Å². The molecular weight excluding hydrogens is 350 g/mol. The van der Waals surface area contributed by atoms with Gasteiger partial charge in [-0.25, -0.2) is 0 Å². The number of carbonyl (C=O) groups excluding carboxylic acids is 1. The fourth-order valence-corrected chi connectivity index (χ4v) is 4.02. The molecule has 0 atom stereocenters. The number of anilines is 1. The molecule has 0 unspecified atom stereocenters. The molecule has 28 heavy (non-hydrogen) atoms. The van der Waals surface area contributed by atoms with Gasteiger partial charge < -0.3 is 14.6 Å². The van der Waals surface area contributed by atoms with Gasteiger partial charge in [0.1, 0.15) is 5.76 Å². The van der Waals surface area contributed by atoms with Gasteiger partial charge in [0.25, 0.3) is 5.91 Å². The highest BCUT2D eigenvalue weighted by Gasteiger charge is 2.22. The van der Waals surface area contributed by atoms with Crippen molar-refractivity contribution in [3.63, 3.8) is 0 Å². The largest absolute Gasteiger partial charge is 0.468 e. The number of carbonyl (C=O) groups is 1. The first-order valence-electron chi connectivity index (χ1n) is 10.4. The van der Waals surface area contributed by atoms with Gasteiger partial charge >= 0.3 is 0 Å². The smallest absolute Gasteiger partial charge is 0.254 e. The molecule has 0 saturated carbocycles. The highest BCUT2D eigenvalue weighted by atomic mass is 16.3. The molecule has 1 aliphatic rings. The quantitative estimate of drug-likeness (QED) is 0.758. The third-order valence-electron chi connectivity index (χ3n) is 5.40. The number of furan rings is 1. The fourth-order valence-electron chi connectivity index (χ4n) is 4.02. The minimum Gasteiger partial charge on any atom is -0.468 e. The molecule has 1 saturated heterocycles. The fraction of sp³-hybridized carbons (Fsp3) is 0.522. The Morgan fingerprint density at radius 2 is 1.75 bits per heavy atom. The standard InChI is InChI=1S/C23H33N3O2/c1-17(2)26(18(3)4)23(27)19-7-9-20(10-8-19)24-21-11-13-25(14-12-21)16-22-6-5-15-28-22/h5-10,15,17-18,21,24H,11-14,16H2,1-4H3. The number of rotatable bonds is 7. The van der Waals surface area contributed by atoms with Crippen LogP contribution in [0.5, 0.6) is 0 Å². The summed E-state index contributed by atoms with van der Waals surface area (Å²) in [6.07, 6.45) is 3.95. The molecule has 1 fully saturated rings. The van der Waals surface area contributed by atoms with E-state index in [1.54, 1.807) is 6.26 Å². The van der Waals surface area contributed by atoms with Crippen LogP contribution in [0.4, 0.5) is 5.69 Å². The molecule has 1 N–H and O–H groups in total. The number of hydrogen-bond acceptors (Lipinski definition) is 4. The lowest BCUT2D eigenvalue weighted by molar-refractivity contribution is 0.0644. The zero-order chi connectivity index (χ0) is 20.1. The predicted molar refractivity (Wildman–Crippen MR) is 114 cm³/mol. The molecule has 5 heteroatoms. The Labute approximate surface area is 168 Å². The van der Waals surface area contributed by atoms with E-state index in [9.17, 15) is 4.79 Å². The van der Waals surface area contributed by atoms with Crippen LogP contribution in [0, 0.1) is 0 Å². The van der Waals surface area contributed by atoms with Crippen LogP contribution in [0.25, 0.3) is 0 Å². The van der Waals surface area contributed by atoms with Gasteiger partial charge in [-0.1, -0.05) is 0 Å². The van der Waals surface area contributed by atoms with E-state index in [1.807, 2.05) is 41.3 Å². The second kappa shape index (κ2) is 9.28. The van der Waals surface area contributed by atoms with E-state index in [0.717, 1.165) is 49.5 Å². The molecule has 0 aliphatic carbocycles. The van der Waals surface area contributed by atoms with Gasteiger partial charge in [-0.15, -0.1) is 0 Å². The summed E-state index contributed by atoms with van der Waals surface area (Å²) in [5, 5.41) is 3.63. The van der Waals surface area contributed by atoms with E-state index in [1.165, 1.54) is 0 Å². The summed E-state index contributed by atoms with van der Waals surface area (Å²) in [6.45, 7) is 11.3. The zero-order valence-electron chi connectivity index (χ0n) is 17.5. The molecule has 2 aromatic rings. The summed E-state index contributed by atoms with van der Waals surface area (Å²) in [4.78, 5) is 17.2. The van der Waals surface area contributed by atoms with Crippen LogP contribution in [0.2, 0.25) is 0 Å². The van der Waals surface area contributed by atoms with Crippen molar-refractivity contribution < 1.29 is 9.21 Å². The second-order valence-electron chi connectivity index (χ2n) is 8.25. The van der Waals surface area contributed by atoms with E-state index in [4.69, 9.17) is 4.42 Å². The van der Waals surface area contributed by atoms with Gasteiger partial charge in [-0.2, -0.15) is 0 Å². The molecule has 5 nitrogen and oxygen atoms in total. The number of benzene rings is 1. The minimum atomic E-state index is 0.0998. The Morgan fingerprint density at radius 1 is 1.11 bits per heavy atom. The van der Waals surface area contributed by atoms with Crippen molar-refractivity contribution in [3.05, 3.63) is 54.0 Å². The van der Waals surface area contributed by atoms with E-state index >= 15 is 0 Å². The predicted octanol–water partition coefficient (Wildman–Crippen LogP) is 4.62. The van der Waals surface area contributed by atoms with E-state index < -0.39 is 0 Å². The highest BCUT2D eigenvalue weighted by molar-refractivity contribution is 5.95. The Kier molecular flexibility index (Phi) is 6.79. The zero-order valence-corrected chi connectivity index (χ0v) is 17.5. The number of piperidine rings is 1. The monoisotopic (exact) mass is 383 g/mol. The topological polar surface area (TPSA) is 48.7 Å².